The Morgan fingerprint density at radius 1 is 1.15 bits per heavy atom. The Morgan fingerprint density at radius 2 is 1.96 bits per heavy atom. The first-order chi connectivity index (χ1) is 12.7. The fourth-order valence-corrected chi connectivity index (χ4v) is 2.56. The van der Waals surface area contributed by atoms with Crippen molar-refractivity contribution in [1.29, 1.82) is 0 Å². The van der Waals surface area contributed by atoms with Gasteiger partial charge in [0.05, 0.1) is 6.26 Å². The standard InChI is InChI=1S/C20H30N4O2.HI/c1-21-20(22-10-6-11-25-16-19-9-5-12-26-19)23-14-17-7-4-8-18(13-17)15-24(2)3;/h4-5,7-9,12-13H,6,10-11,14-16H2,1-3H3,(H2,21,22,23);1H. The fourth-order valence-electron chi connectivity index (χ4n) is 2.56. The maximum Gasteiger partial charge on any atom is 0.191 e. The van der Waals surface area contributed by atoms with E-state index in [-0.39, 0.29) is 24.0 Å². The van der Waals surface area contributed by atoms with Crippen molar-refractivity contribution in [2.24, 2.45) is 4.99 Å². The molecule has 7 heteroatoms. The van der Waals surface area contributed by atoms with E-state index < -0.39 is 0 Å². The molecule has 0 aliphatic rings. The number of hydrogen-bond acceptors (Lipinski definition) is 4. The molecule has 0 saturated carbocycles. The molecular weight excluding hydrogens is 455 g/mol. The minimum atomic E-state index is 0. The van der Waals surface area contributed by atoms with Crippen LogP contribution in [-0.2, 0) is 24.4 Å². The lowest BCUT2D eigenvalue weighted by Crippen LogP contribution is -2.37. The van der Waals surface area contributed by atoms with Crippen molar-refractivity contribution in [3.63, 3.8) is 0 Å². The zero-order valence-corrected chi connectivity index (χ0v) is 18.7. The summed E-state index contributed by atoms with van der Waals surface area (Å²) >= 11 is 0. The van der Waals surface area contributed by atoms with E-state index in [4.69, 9.17) is 9.15 Å². The van der Waals surface area contributed by atoms with E-state index in [0.717, 1.165) is 37.8 Å². The van der Waals surface area contributed by atoms with Gasteiger partial charge in [-0.25, -0.2) is 0 Å². The van der Waals surface area contributed by atoms with Gasteiger partial charge in [0, 0.05) is 33.3 Å². The van der Waals surface area contributed by atoms with Crippen molar-refractivity contribution in [3.05, 3.63) is 59.5 Å². The number of benzene rings is 1. The largest absolute Gasteiger partial charge is 0.467 e. The van der Waals surface area contributed by atoms with E-state index in [1.807, 2.05) is 12.1 Å². The van der Waals surface area contributed by atoms with E-state index in [1.165, 1.54) is 11.1 Å². The molecule has 2 aromatic rings. The zero-order valence-electron chi connectivity index (χ0n) is 16.4. The zero-order chi connectivity index (χ0) is 18.6. The molecule has 0 radical (unpaired) electrons. The van der Waals surface area contributed by atoms with Crippen molar-refractivity contribution in [1.82, 2.24) is 15.5 Å². The summed E-state index contributed by atoms with van der Waals surface area (Å²) < 4.78 is 10.8. The van der Waals surface area contributed by atoms with Crippen molar-refractivity contribution in [2.75, 3.05) is 34.3 Å². The van der Waals surface area contributed by atoms with E-state index >= 15 is 0 Å². The summed E-state index contributed by atoms with van der Waals surface area (Å²) in [5.41, 5.74) is 2.56. The molecule has 6 nitrogen and oxygen atoms in total. The molecule has 1 heterocycles. The third-order valence-corrected chi connectivity index (χ3v) is 3.76. The van der Waals surface area contributed by atoms with Crippen molar-refractivity contribution >= 4 is 29.9 Å². The highest BCUT2D eigenvalue weighted by Gasteiger charge is 2.01. The molecule has 2 rings (SSSR count). The molecule has 0 bridgehead atoms. The molecular formula is C20H31IN4O2. The molecule has 1 aromatic heterocycles. The summed E-state index contributed by atoms with van der Waals surface area (Å²) in [4.78, 5) is 6.43. The molecule has 0 aliphatic heterocycles. The van der Waals surface area contributed by atoms with Gasteiger partial charge in [0.2, 0.25) is 0 Å². The number of rotatable bonds is 10. The number of aliphatic imine (C=N–C) groups is 1. The van der Waals surface area contributed by atoms with Crippen molar-refractivity contribution in [2.45, 2.75) is 26.1 Å². The minimum absolute atomic E-state index is 0. The van der Waals surface area contributed by atoms with Crippen LogP contribution in [0.5, 0.6) is 0 Å². The molecule has 27 heavy (non-hydrogen) atoms. The van der Waals surface area contributed by atoms with Gasteiger partial charge in [0.1, 0.15) is 12.4 Å². The predicted octanol–water partition coefficient (Wildman–Crippen LogP) is 3.23. The number of guanidine groups is 1. The second kappa shape index (κ2) is 13.6. The van der Waals surface area contributed by atoms with E-state index in [2.05, 4.69) is 58.9 Å². The molecule has 0 saturated heterocycles. The number of furan rings is 1. The van der Waals surface area contributed by atoms with Crippen LogP contribution in [0, 0.1) is 0 Å². The molecule has 150 valence electrons. The third kappa shape index (κ3) is 9.78. The molecule has 0 amide bonds. The summed E-state index contributed by atoms with van der Waals surface area (Å²) in [6.07, 6.45) is 2.56. The van der Waals surface area contributed by atoms with Crippen LogP contribution in [0.3, 0.4) is 0 Å². The number of ether oxygens (including phenoxy) is 1. The average molecular weight is 486 g/mol. The Kier molecular flexibility index (Phi) is 11.8. The highest BCUT2D eigenvalue weighted by atomic mass is 127. The smallest absolute Gasteiger partial charge is 0.191 e. The third-order valence-electron chi connectivity index (χ3n) is 3.76. The Labute approximate surface area is 179 Å². The van der Waals surface area contributed by atoms with Gasteiger partial charge in [-0.2, -0.15) is 0 Å². The topological polar surface area (TPSA) is 62.0 Å². The maximum absolute atomic E-state index is 5.57. The van der Waals surface area contributed by atoms with Gasteiger partial charge in [0.15, 0.2) is 5.96 Å². The molecule has 0 atom stereocenters. The molecule has 1 aromatic carbocycles. The highest BCUT2D eigenvalue weighted by Crippen LogP contribution is 2.07. The van der Waals surface area contributed by atoms with Gasteiger partial charge in [0.25, 0.3) is 0 Å². The van der Waals surface area contributed by atoms with Crippen molar-refractivity contribution < 1.29 is 9.15 Å². The first-order valence-electron chi connectivity index (χ1n) is 8.94. The number of nitrogens with zero attached hydrogens (tertiary/aromatic N) is 2. The Bertz CT molecular complexity index is 660. The van der Waals surface area contributed by atoms with Gasteiger partial charge in [-0.05, 0) is 43.8 Å². The lowest BCUT2D eigenvalue weighted by Gasteiger charge is -2.14. The first kappa shape index (κ1) is 23.5. The fraction of sp³-hybridized carbons (Fsp3) is 0.450. The van der Waals surface area contributed by atoms with Crippen molar-refractivity contribution in [3.8, 4) is 0 Å². The van der Waals surface area contributed by atoms with Gasteiger partial charge < -0.3 is 24.7 Å². The summed E-state index contributed by atoms with van der Waals surface area (Å²) in [5, 5.41) is 6.66. The molecule has 0 unspecified atom stereocenters. The molecule has 2 N–H and O–H groups in total. The summed E-state index contributed by atoms with van der Waals surface area (Å²) in [6.45, 7) is 3.69. The number of nitrogens with one attached hydrogen (secondary N) is 2. The summed E-state index contributed by atoms with van der Waals surface area (Å²) in [6, 6.07) is 12.4. The van der Waals surface area contributed by atoms with Gasteiger partial charge in [-0.1, -0.05) is 24.3 Å². The first-order valence-corrected chi connectivity index (χ1v) is 8.94. The van der Waals surface area contributed by atoms with Gasteiger partial charge in [-0.3, -0.25) is 4.99 Å². The van der Waals surface area contributed by atoms with Crippen LogP contribution >= 0.6 is 24.0 Å². The SMILES string of the molecule is CN=C(NCCCOCc1ccco1)NCc1cccc(CN(C)C)c1.I. The minimum Gasteiger partial charge on any atom is -0.467 e. The van der Waals surface area contributed by atoms with Crippen LogP contribution in [0.1, 0.15) is 23.3 Å². The Morgan fingerprint density at radius 3 is 2.67 bits per heavy atom. The monoisotopic (exact) mass is 486 g/mol. The predicted molar refractivity (Wildman–Crippen MR) is 120 cm³/mol. The van der Waals surface area contributed by atoms with Crippen LogP contribution in [0.2, 0.25) is 0 Å². The van der Waals surface area contributed by atoms with Crippen LogP contribution < -0.4 is 10.6 Å². The molecule has 0 fully saturated rings. The number of halogens is 1. The Hall–Kier alpha value is -1.58. The summed E-state index contributed by atoms with van der Waals surface area (Å²) in [7, 11) is 5.94. The molecule has 0 spiro atoms. The number of hydrogen-bond donors (Lipinski definition) is 2. The van der Waals surface area contributed by atoms with Crippen LogP contribution in [0.4, 0.5) is 0 Å². The second-order valence-electron chi connectivity index (χ2n) is 6.40. The van der Waals surface area contributed by atoms with Crippen LogP contribution in [0.25, 0.3) is 0 Å². The van der Waals surface area contributed by atoms with Crippen LogP contribution in [-0.4, -0.2) is 45.2 Å². The van der Waals surface area contributed by atoms with E-state index in [1.54, 1.807) is 13.3 Å². The van der Waals surface area contributed by atoms with E-state index in [9.17, 15) is 0 Å². The average Bonchev–Trinajstić information content (AvgIpc) is 3.13. The van der Waals surface area contributed by atoms with E-state index in [0.29, 0.717) is 13.2 Å². The van der Waals surface area contributed by atoms with Crippen LogP contribution in [0.15, 0.2) is 52.1 Å². The quantitative estimate of drug-likeness (QED) is 0.234. The van der Waals surface area contributed by atoms with Gasteiger partial charge in [-0.15, -0.1) is 24.0 Å². The normalized spacial score (nSPS) is 11.3. The lowest BCUT2D eigenvalue weighted by atomic mass is 10.1. The second-order valence-corrected chi connectivity index (χ2v) is 6.40. The maximum atomic E-state index is 5.57. The highest BCUT2D eigenvalue weighted by molar-refractivity contribution is 14.0. The molecule has 0 aliphatic carbocycles. The Balaban J connectivity index is 0.00000364. The lowest BCUT2D eigenvalue weighted by molar-refractivity contribution is 0.105. The van der Waals surface area contributed by atoms with Gasteiger partial charge >= 0.3 is 0 Å². The summed E-state index contributed by atoms with van der Waals surface area (Å²) in [5.74, 6) is 1.65.